The summed E-state index contributed by atoms with van der Waals surface area (Å²) in [6.07, 6.45) is 5.08. The predicted octanol–water partition coefficient (Wildman–Crippen LogP) is 2.27. The summed E-state index contributed by atoms with van der Waals surface area (Å²) in [5, 5.41) is 14.1. The Labute approximate surface area is 154 Å². The van der Waals surface area contributed by atoms with Gasteiger partial charge < -0.3 is 10.4 Å². The van der Waals surface area contributed by atoms with E-state index < -0.39 is 0 Å². The van der Waals surface area contributed by atoms with Crippen molar-refractivity contribution in [2.24, 2.45) is 0 Å². The van der Waals surface area contributed by atoms with Gasteiger partial charge in [0, 0.05) is 42.7 Å². The van der Waals surface area contributed by atoms with Crippen molar-refractivity contribution in [2.75, 3.05) is 13.1 Å². The molecule has 1 aliphatic carbocycles. The second-order valence-corrected chi connectivity index (χ2v) is 7.60. The molecule has 4 rings (SSSR count). The summed E-state index contributed by atoms with van der Waals surface area (Å²) >= 11 is 0. The summed E-state index contributed by atoms with van der Waals surface area (Å²) in [7, 11) is 0. The number of pyridine rings is 1. The van der Waals surface area contributed by atoms with Crippen LogP contribution in [0.5, 0.6) is 0 Å². The van der Waals surface area contributed by atoms with Gasteiger partial charge in [0.05, 0.1) is 11.6 Å². The number of para-hydroxylation sites is 1. The molecule has 0 radical (unpaired) electrons. The van der Waals surface area contributed by atoms with E-state index >= 15 is 0 Å². The molecular formula is C21H27N3O2. The lowest BCUT2D eigenvalue weighted by Gasteiger charge is -2.29. The van der Waals surface area contributed by atoms with Crippen LogP contribution in [0.3, 0.4) is 0 Å². The van der Waals surface area contributed by atoms with E-state index in [2.05, 4.69) is 21.3 Å². The van der Waals surface area contributed by atoms with E-state index in [0.717, 1.165) is 55.4 Å². The van der Waals surface area contributed by atoms with Gasteiger partial charge >= 0.3 is 0 Å². The maximum Gasteiger partial charge on any atom is 0.220 e. The number of hydrogen-bond donors (Lipinski definition) is 2. The standard InChI is InChI=1S/C21H27N3O2/c25-17-12-13-24(14-17)20-7-3-6-19(20)23-21(26)11-10-16-9-8-15-4-1-2-5-18(15)22-16/h1-2,4-5,8-9,17,19-20,25H,3,6-7,10-14H2,(H,23,26)/t17?,19-,20+/m1/s1. The van der Waals surface area contributed by atoms with Crippen molar-refractivity contribution in [3.8, 4) is 0 Å². The number of aryl methyl sites for hydroxylation is 1. The molecule has 2 aliphatic rings. The summed E-state index contributed by atoms with van der Waals surface area (Å²) in [5.74, 6) is 0.108. The summed E-state index contributed by atoms with van der Waals surface area (Å²) in [4.78, 5) is 19.5. The number of carbonyl (C=O) groups is 1. The molecule has 1 amide bonds. The molecule has 1 saturated carbocycles. The molecule has 2 aromatic rings. The summed E-state index contributed by atoms with van der Waals surface area (Å²) < 4.78 is 0. The minimum absolute atomic E-state index is 0.108. The number of aromatic nitrogens is 1. The fourth-order valence-electron chi connectivity index (χ4n) is 4.38. The van der Waals surface area contributed by atoms with Gasteiger partial charge in [-0.3, -0.25) is 14.7 Å². The number of β-amino-alcohol motifs (C(OH)–C–C–N with tert-alkyl or cyclic N) is 1. The maximum atomic E-state index is 12.5. The minimum atomic E-state index is -0.203. The van der Waals surface area contributed by atoms with Gasteiger partial charge in [-0.1, -0.05) is 24.3 Å². The number of fused-ring (bicyclic) bond motifs is 1. The third-order valence-corrected chi connectivity index (χ3v) is 5.75. The second kappa shape index (κ2) is 7.72. The van der Waals surface area contributed by atoms with Gasteiger partial charge in [0.15, 0.2) is 0 Å². The monoisotopic (exact) mass is 353 g/mol. The highest BCUT2D eigenvalue weighted by atomic mass is 16.3. The van der Waals surface area contributed by atoms with Crippen LogP contribution in [0.4, 0.5) is 0 Å². The Hall–Kier alpha value is -1.98. The number of carbonyl (C=O) groups excluding carboxylic acids is 1. The van der Waals surface area contributed by atoms with Gasteiger partial charge in [0.1, 0.15) is 0 Å². The van der Waals surface area contributed by atoms with Crippen LogP contribution in [-0.2, 0) is 11.2 Å². The van der Waals surface area contributed by atoms with Crippen molar-refractivity contribution >= 4 is 16.8 Å². The molecule has 1 unspecified atom stereocenters. The van der Waals surface area contributed by atoms with Crippen molar-refractivity contribution in [2.45, 2.75) is 56.7 Å². The molecule has 2 N–H and O–H groups in total. The number of benzene rings is 1. The fourth-order valence-corrected chi connectivity index (χ4v) is 4.38. The molecule has 3 atom stereocenters. The molecular weight excluding hydrogens is 326 g/mol. The Bertz CT molecular complexity index is 779. The molecule has 1 aliphatic heterocycles. The van der Waals surface area contributed by atoms with Gasteiger partial charge in [-0.05, 0) is 44.2 Å². The van der Waals surface area contributed by atoms with E-state index in [-0.39, 0.29) is 18.1 Å². The van der Waals surface area contributed by atoms with Crippen molar-refractivity contribution in [1.29, 1.82) is 0 Å². The fraction of sp³-hybridized carbons (Fsp3) is 0.524. The zero-order valence-corrected chi connectivity index (χ0v) is 15.1. The number of nitrogens with zero attached hydrogens (tertiary/aromatic N) is 2. The third-order valence-electron chi connectivity index (χ3n) is 5.75. The molecule has 0 spiro atoms. The smallest absolute Gasteiger partial charge is 0.220 e. The van der Waals surface area contributed by atoms with E-state index in [0.29, 0.717) is 18.9 Å². The van der Waals surface area contributed by atoms with Crippen molar-refractivity contribution < 1.29 is 9.90 Å². The Morgan fingerprint density at radius 2 is 2.08 bits per heavy atom. The zero-order chi connectivity index (χ0) is 17.9. The van der Waals surface area contributed by atoms with Crippen LogP contribution in [0.2, 0.25) is 0 Å². The first-order valence-corrected chi connectivity index (χ1v) is 9.75. The quantitative estimate of drug-likeness (QED) is 0.865. The Balaban J connectivity index is 1.31. The van der Waals surface area contributed by atoms with Gasteiger partial charge in [-0.2, -0.15) is 0 Å². The molecule has 2 fully saturated rings. The number of amides is 1. The second-order valence-electron chi connectivity index (χ2n) is 7.60. The van der Waals surface area contributed by atoms with Crippen molar-refractivity contribution in [3.05, 3.63) is 42.1 Å². The SMILES string of the molecule is O=C(CCc1ccc2ccccc2n1)N[C@@H]1CCC[C@@H]1N1CCC(O)C1. The lowest BCUT2D eigenvalue weighted by atomic mass is 10.1. The third kappa shape index (κ3) is 3.89. The number of likely N-dealkylation sites (tertiary alicyclic amines) is 1. The number of hydrogen-bond acceptors (Lipinski definition) is 4. The predicted molar refractivity (Wildman–Crippen MR) is 102 cm³/mol. The first-order valence-electron chi connectivity index (χ1n) is 9.75. The van der Waals surface area contributed by atoms with Crippen LogP contribution in [0, 0.1) is 0 Å². The number of nitrogens with one attached hydrogen (secondary N) is 1. The average Bonchev–Trinajstić information content (AvgIpc) is 3.28. The topological polar surface area (TPSA) is 65.5 Å². The van der Waals surface area contributed by atoms with Crippen molar-refractivity contribution in [1.82, 2.24) is 15.2 Å². The minimum Gasteiger partial charge on any atom is -0.392 e. The van der Waals surface area contributed by atoms with Crippen LogP contribution in [-0.4, -0.2) is 52.2 Å². The van der Waals surface area contributed by atoms with Crippen LogP contribution < -0.4 is 5.32 Å². The summed E-state index contributed by atoms with van der Waals surface area (Å²) in [6, 6.07) is 12.7. The van der Waals surface area contributed by atoms with E-state index in [1.165, 1.54) is 0 Å². The van der Waals surface area contributed by atoms with E-state index in [9.17, 15) is 9.90 Å². The summed E-state index contributed by atoms with van der Waals surface area (Å²) in [6.45, 7) is 1.69. The van der Waals surface area contributed by atoms with E-state index in [1.807, 2.05) is 30.3 Å². The molecule has 5 heteroatoms. The highest BCUT2D eigenvalue weighted by molar-refractivity contribution is 5.79. The van der Waals surface area contributed by atoms with Crippen LogP contribution >= 0.6 is 0 Å². The molecule has 0 bridgehead atoms. The Morgan fingerprint density at radius 3 is 2.92 bits per heavy atom. The number of aliphatic hydroxyl groups is 1. The lowest BCUT2D eigenvalue weighted by Crippen LogP contribution is -2.48. The molecule has 1 aromatic heterocycles. The van der Waals surface area contributed by atoms with E-state index in [1.54, 1.807) is 0 Å². The van der Waals surface area contributed by atoms with Crippen LogP contribution in [0.1, 0.15) is 37.8 Å². The van der Waals surface area contributed by atoms with E-state index in [4.69, 9.17) is 0 Å². The van der Waals surface area contributed by atoms with Gasteiger partial charge in [-0.25, -0.2) is 0 Å². The van der Waals surface area contributed by atoms with Crippen LogP contribution in [0.25, 0.3) is 10.9 Å². The van der Waals surface area contributed by atoms with Gasteiger partial charge in [0.25, 0.3) is 0 Å². The highest BCUT2D eigenvalue weighted by Gasteiger charge is 2.36. The molecule has 2 heterocycles. The van der Waals surface area contributed by atoms with Gasteiger partial charge in [-0.15, -0.1) is 0 Å². The van der Waals surface area contributed by atoms with Gasteiger partial charge in [0.2, 0.25) is 5.91 Å². The largest absolute Gasteiger partial charge is 0.392 e. The Kier molecular flexibility index (Phi) is 5.18. The molecule has 5 nitrogen and oxygen atoms in total. The Morgan fingerprint density at radius 1 is 1.19 bits per heavy atom. The van der Waals surface area contributed by atoms with Crippen molar-refractivity contribution in [3.63, 3.8) is 0 Å². The first-order chi connectivity index (χ1) is 12.7. The highest BCUT2D eigenvalue weighted by Crippen LogP contribution is 2.27. The number of aliphatic hydroxyl groups excluding tert-OH is 1. The molecule has 138 valence electrons. The molecule has 1 saturated heterocycles. The lowest BCUT2D eigenvalue weighted by molar-refractivity contribution is -0.122. The van der Waals surface area contributed by atoms with Crippen LogP contribution in [0.15, 0.2) is 36.4 Å². The first kappa shape index (κ1) is 17.4. The number of rotatable bonds is 5. The zero-order valence-electron chi connectivity index (χ0n) is 15.1. The summed E-state index contributed by atoms with van der Waals surface area (Å²) in [5.41, 5.74) is 1.94. The molecule has 1 aromatic carbocycles. The molecule has 26 heavy (non-hydrogen) atoms. The normalized spacial score (nSPS) is 26.4. The maximum absolute atomic E-state index is 12.5. The average molecular weight is 353 g/mol.